The van der Waals surface area contributed by atoms with Gasteiger partial charge in [0.15, 0.2) is 5.52 Å². The Morgan fingerprint density at radius 2 is 2.45 bits per heavy atom. The number of nitrogens with zero attached hydrogens (tertiary/aromatic N) is 3. The Balaban J connectivity index is 3.06. The summed E-state index contributed by atoms with van der Waals surface area (Å²) in [6.45, 7) is 0. The number of pyridine rings is 1. The zero-order valence-corrected chi connectivity index (χ0v) is 5.35. The van der Waals surface area contributed by atoms with Gasteiger partial charge in [-0.3, -0.25) is 4.79 Å². The van der Waals surface area contributed by atoms with E-state index >= 15 is 0 Å². The van der Waals surface area contributed by atoms with Gasteiger partial charge in [0.25, 0.3) is 0 Å². The Morgan fingerprint density at radius 3 is 3.18 bits per heavy atom. The van der Waals surface area contributed by atoms with Gasteiger partial charge in [0, 0.05) is 12.3 Å². The molecule has 2 heterocycles. The summed E-state index contributed by atoms with van der Waals surface area (Å²) >= 11 is 0. The van der Waals surface area contributed by atoms with Crippen LogP contribution in [0, 0.1) is 0 Å². The first-order valence-corrected chi connectivity index (χ1v) is 2.91. The summed E-state index contributed by atoms with van der Waals surface area (Å²) in [6.07, 6.45) is 1.42. The molecule has 2 N–H and O–H groups in total. The molecule has 0 saturated heterocycles. The van der Waals surface area contributed by atoms with Gasteiger partial charge in [0.2, 0.25) is 11.1 Å². The van der Waals surface area contributed by atoms with Crippen molar-refractivity contribution in [1.29, 1.82) is 0 Å². The maximum atomic E-state index is 10.9. The number of fused-ring (bicyclic) bond motifs is 1. The number of nitrogens with one attached hydrogen (secondary N) is 1. The van der Waals surface area contributed by atoms with Crippen LogP contribution < -0.4 is 5.43 Å². The number of rotatable bonds is 0. The highest BCUT2D eigenvalue weighted by Gasteiger charge is 2.04. The minimum absolute atomic E-state index is 0.134. The molecule has 0 aliphatic heterocycles. The quantitative estimate of drug-likeness (QED) is 0.491. The number of H-pyrrole nitrogens is 1. The monoisotopic (exact) mass is 152 g/mol. The largest absolute Gasteiger partial charge is 0.409 e. The van der Waals surface area contributed by atoms with Crippen LogP contribution in [0.3, 0.4) is 0 Å². The number of aromatic amines is 1. The van der Waals surface area contributed by atoms with Crippen LogP contribution in [0.15, 0.2) is 17.1 Å². The molecule has 6 heteroatoms. The number of aromatic nitrogens is 4. The first-order valence-electron chi connectivity index (χ1n) is 2.91. The molecule has 0 bridgehead atoms. The highest BCUT2D eigenvalue weighted by molar-refractivity contribution is 5.68. The summed E-state index contributed by atoms with van der Waals surface area (Å²) in [4.78, 5) is 14.1. The minimum Gasteiger partial charge on any atom is -0.409 e. The molecular weight excluding hydrogens is 148 g/mol. The molecule has 0 spiro atoms. The van der Waals surface area contributed by atoms with Crippen LogP contribution in [-0.4, -0.2) is 25.3 Å². The fraction of sp³-hybridized carbons (Fsp3) is 0. The topological polar surface area (TPSA) is 83.8 Å². The first-order chi connectivity index (χ1) is 5.29. The SMILES string of the molecule is O=c1cc[nH]c2c1nnn2O. The van der Waals surface area contributed by atoms with Gasteiger partial charge in [-0.15, -0.1) is 5.10 Å². The minimum atomic E-state index is -0.265. The van der Waals surface area contributed by atoms with Gasteiger partial charge in [-0.1, -0.05) is 4.85 Å². The molecule has 0 saturated carbocycles. The molecular formula is C5H4N4O2. The average Bonchev–Trinajstić information content (AvgIpc) is 2.35. The van der Waals surface area contributed by atoms with E-state index in [0.29, 0.717) is 4.85 Å². The van der Waals surface area contributed by atoms with Crippen LogP contribution in [0.4, 0.5) is 0 Å². The molecule has 0 aliphatic rings. The van der Waals surface area contributed by atoms with Crippen molar-refractivity contribution in [2.45, 2.75) is 0 Å². The normalized spacial score (nSPS) is 10.5. The second-order valence-corrected chi connectivity index (χ2v) is 2.02. The van der Waals surface area contributed by atoms with Crippen LogP contribution in [0.5, 0.6) is 0 Å². The first kappa shape index (κ1) is 5.90. The van der Waals surface area contributed by atoms with Gasteiger partial charge in [-0.2, -0.15) is 0 Å². The highest BCUT2D eigenvalue weighted by atomic mass is 16.5. The lowest BCUT2D eigenvalue weighted by molar-refractivity contribution is 0.153. The molecule has 11 heavy (non-hydrogen) atoms. The Labute approximate surface area is 60.0 Å². The molecule has 0 aliphatic carbocycles. The van der Waals surface area contributed by atoms with Gasteiger partial charge >= 0.3 is 0 Å². The maximum Gasteiger partial charge on any atom is 0.211 e. The van der Waals surface area contributed by atoms with E-state index < -0.39 is 0 Å². The van der Waals surface area contributed by atoms with Crippen molar-refractivity contribution in [3.63, 3.8) is 0 Å². The van der Waals surface area contributed by atoms with Crippen LogP contribution in [0.1, 0.15) is 0 Å². The number of hydrogen-bond donors (Lipinski definition) is 2. The van der Waals surface area contributed by atoms with Crippen molar-refractivity contribution in [3.05, 3.63) is 22.5 Å². The van der Waals surface area contributed by atoms with Crippen molar-refractivity contribution in [3.8, 4) is 0 Å². The van der Waals surface area contributed by atoms with Crippen molar-refractivity contribution in [2.75, 3.05) is 0 Å². The van der Waals surface area contributed by atoms with E-state index in [1.807, 2.05) is 0 Å². The van der Waals surface area contributed by atoms with Gasteiger partial charge < -0.3 is 10.2 Å². The van der Waals surface area contributed by atoms with Crippen molar-refractivity contribution < 1.29 is 5.21 Å². The van der Waals surface area contributed by atoms with Gasteiger partial charge in [0.05, 0.1) is 0 Å². The lowest BCUT2D eigenvalue weighted by atomic mass is 10.4. The lowest BCUT2D eigenvalue weighted by Crippen LogP contribution is -2.00. The predicted octanol–water partition coefficient (Wildman–Crippen LogP) is -0.643. The molecule has 0 radical (unpaired) electrons. The molecule has 0 fully saturated rings. The fourth-order valence-corrected chi connectivity index (χ4v) is 0.841. The van der Waals surface area contributed by atoms with E-state index in [2.05, 4.69) is 15.3 Å². The molecule has 6 nitrogen and oxygen atoms in total. The molecule has 0 amide bonds. The summed E-state index contributed by atoms with van der Waals surface area (Å²) < 4.78 is 0. The molecule has 0 aromatic carbocycles. The zero-order chi connectivity index (χ0) is 7.84. The van der Waals surface area contributed by atoms with Crippen LogP contribution in [-0.2, 0) is 0 Å². The predicted molar refractivity (Wildman–Crippen MR) is 35.3 cm³/mol. The summed E-state index contributed by atoms with van der Waals surface area (Å²) in [5.41, 5.74) is 0.0755. The molecule has 0 atom stereocenters. The zero-order valence-electron chi connectivity index (χ0n) is 5.35. The Kier molecular flexibility index (Phi) is 0.974. The van der Waals surface area contributed by atoms with E-state index in [9.17, 15) is 4.79 Å². The third-order valence-corrected chi connectivity index (χ3v) is 1.34. The summed E-state index contributed by atoms with van der Waals surface area (Å²) in [5, 5.41) is 15.6. The molecule has 56 valence electrons. The van der Waals surface area contributed by atoms with Gasteiger partial charge in [-0.05, 0) is 5.21 Å². The average molecular weight is 152 g/mol. The van der Waals surface area contributed by atoms with Crippen molar-refractivity contribution in [2.24, 2.45) is 0 Å². The second kappa shape index (κ2) is 1.82. The van der Waals surface area contributed by atoms with E-state index in [0.717, 1.165) is 0 Å². The van der Waals surface area contributed by atoms with Gasteiger partial charge in [-0.25, -0.2) is 0 Å². The standard InChI is InChI=1S/C5H4N4O2/c10-3-1-2-6-5-4(3)7-8-9(5)11/h1-2,11H,(H,6,10). The smallest absolute Gasteiger partial charge is 0.211 e. The molecule has 2 aromatic heterocycles. The lowest BCUT2D eigenvalue weighted by Gasteiger charge is -1.86. The Morgan fingerprint density at radius 1 is 1.64 bits per heavy atom. The maximum absolute atomic E-state index is 10.9. The third-order valence-electron chi connectivity index (χ3n) is 1.34. The van der Waals surface area contributed by atoms with Gasteiger partial charge in [0.1, 0.15) is 0 Å². The molecule has 2 rings (SSSR count). The number of hydrogen-bond acceptors (Lipinski definition) is 4. The van der Waals surface area contributed by atoms with E-state index in [1.54, 1.807) is 0 Å². The van der Waals surface area contributed by atoms with Crippen LogP contribution in [0.25, 0.3) is 11.2 Å². The molecule has 0 unspecified atom stereocenters. The Hall–Kier alpha value is -1.85. The van der Waals surface area contributed by atoms with Crippen LogP contribution in [0.2, 0.25) is 0 Å². The van der Waals surface area contributed by atoms with E-state index in [1.165, 1.54) is 12.3 Å². The second-order valence-electron chi connectivity index (χ2n) is 2.02. The summed E-state index contributed by atoms with van der Waals surface area (Å²) in [7, 11) is 0. The fourth-order valence-electron chi connectivity index (χ4n) is 0.841. The van der Waals surface area contributed by atoms with Crippen molar-refractivity contribution in [1.82, 2.24) is 20.1 Å². The Bertz CT molecular complexity index is 443. The highest BCUT2D eigenvalue weighted by Crippen LogP contribution is 1.97. The summed E-state index contributed by atoms with van der Waals surface area (Å²) in [5.74, 6) is 0. The van der Waals surface area contributed by atoms with E-state index in [-0.39, 0.29) is 16.6 Å². The van der Waals surface area contributed by atoms with Crippen LogP contribution >= 0.6 is 0 Å². The molecule has 2 aromatic rings. The van der Waals surface area contributed by atoms with Crippen molar-refractivity contribution >= 4 is 11.2 Å². The third kappa shape index (κ3) is 0.689. The van der Waals surface area contributed by atoms with E-state index in [4.69, 9.17) is 5.21 Å². The summed E-state index contributed by atoms with van der Waals surface area (Å²) in [6, 6.07) is 1.32.